The van der Waals surface area contributed by atoms with E-state index in [-0.39, 0.29) is 11.8 Å². The van der Waals surface area contributed by atoms with Crippen molar-refractivity contribution in [1.29, 1.82) is 0 Å². The fourth-order valence-corrected chi connectivity index (χ4v) is 3.08. The summed E-state index contributed by atoms with van der Waals surface area (Å²) >= 11 is 0. The number of para-hydroxylation sites is 1. The lowest BCUT2D eigenvalue weighted by molar-refractivity contribution is -0.117. The minimum atomic E-state index is 0.0291. The minimum Gasteiger partial charge on any atom is -0.310 e. The van der Waals surface area contributed by atoms with E-state index < -0.39 is 0 Å². The van der Waals surface area contributed by atoms with Crippen molar-refractivity contribution in [1.82, 2.24) is 29.5 Å². The maximum atomic E-state index is 12.2. The molecule has 1 aliphatic rings. The first kappa shape index (κ1) is 15.7. The molecule has 0 unspecified atom stereocenters. The lowest BCUT2D eigenvalue weighted by Crippen LogP contribution is -2.17. The summed E-state index contributed by atoms with van der Waals surface area (Å²) < 4.78 is 3.41. The molecule has 4 aromatic rings. The first-order valence-corrected chi connectivity index (χ1v) is 8.83. The van der Waals surface area contributed by atoms with E-state index >= 15 is 0 Å². The van der Waals surface area contributed by atoms with E-state index in [1.807, 2.05) is 43.3 Å². The average Bonchev–Trinajstić information content (AvgIpc) is 3.35. The van der Waals surface area contributed by atoms with Gasteiger partial charge in [-0.1, -0.05) is 18.2 Å². The maximum absolute atomic E-state index is 12.2. The van der Waals surface area contributed by atoms with Gasteiger partial charge in [0.2, 0.25) is 5.91 Å². The summed E-state index contributed by atoms with van der Waals surface area (Å²) in [6.45, 7) is 1.88. The molecular weight excluding hydrogens is 342 g/mol. The number of nitrogens with one attached hydrogen (secondary N) is 1. The molecule has 0 saturated heterocycles. The maximum Gasteiger partial charge on any atom is 0.228 e. The highest BCUT2D eigenvalue weighted by Gasteiger charge is 2.30. The summed E-state index contributed by atoms with van der Waals surface area (Å²) in [5, 5.41) is 12.7. The van der Waals surface area contributed by atoms with Gasteiger partial charge in [0.25, 0.3) is 0 Å². The van der Waals surface area contributed by atoms with Gasteiger partial charge in [0, 0.05) is 12.0 Å². The number of anilines is 1. The summed E-state index contributed by atoms with van der Waals surface area (Å²) in [4.78, 5) is 21.0. The summed E-state index contributed by atoms with van der Waals surface area (Å²) in [7, 11) is 0. The number of hydrogen-bond donors (Lipinski definition) is 1. The number of fused-ring (bicyclic) bond motifs is 1. The van der Waals surface area contributed by atoms with Gasteiger partial charge in [0.15, 0.2) is 11.5 Å². The lowest BCUT2D eigenvalue weighted by Gasteiger charge is -2.09. The van der Waals surface area contributed by atoms with E-state index in [0.717, 1.165) is 29.6 Å². The Morgan fingerprint density at radius 3 is 2.74 bits per heavy atom. The molecular formula is C19H17N7O. The van der Waals surface area contributed by atoms with Crippen molar-refractivity contribution in [3.8, 4) is 11.5 Å². The van der Waals surface area contributed by atoms with Crippen LogP contribution in [0.4, 0.5) is 5.82 Å². The molecule has 0 aliphatic heterocycles. The van der Waals surface area contributed by atoms with Gasteiger partial charge >= 0.3 is 0 Å². The Bertz CT molecular complexity index is 1140. The Morgan fingerprint density at radius 1 is 1.15 bits per heavy atom. The second-order valence-electron chi connectivity index (χ2n) is 6.67. The van der Waals surface area contributed by atoms with Crippen LogP contribution in [-0.2, 0) is 4.79 Å². The van der Waals surface area contributed by atoms with E-state index in [9.17, 15) is 4.79 Å². The Kier molecular flexibility index (Phi) is 3.49. The molecule has 0 spiro atoms. The van der Waals surface area contributed by atoms with Gasteiger partial charge < -0.3 is 5.32 Å². The molecule has 27 heavy (non-hydrogen) atoms. The molecule has 134 valence electrons. The van der Waals surface area contributed by atoms with Crippen LogP contribution in [0, 0.1) is 12.8 Å². The van der Waals surface area contributed by atoms with Crippen LogP contribution in [-0.4, -0.2) is 35.4 Å². The molecule has 5 rings (SSSR count). The number of nitrogens with zero attached hydrogens (tertiary/aromatic N) is 6. The van der Waals surface area contributed by atoms with Crippen LogP contribution < -0.4 is 5.32 Å². The van der Waals surface area contributed by atoms with Gasteiger partial charge in [-0.2, -0.15) is 14.9 Å². The van der Waals surface area contributed by atoms with Gasteiger partial charge in [0.1, 0.15) is 12.1 Å². The second-order valence-corrected chi connectivity index (χ2v) is 6.67. The number of carbonyl (C=O) groups excluding carboxylic acids is 1. The molecule has 0 radical (unpaired) electrons. The molecule has 3 heterocycles. The molecule has 0 atom stereocenters. The monoisotopic (exact) mass is 359 g/mol. The summed E-state index contributed by atoms with van der Waals surface area (Å²) in [5.74, 6) is 1.33. The largest absolute Gasteiger partial charge is 0.310 e. The van der Waals surface area contributed by atoms with E-state index in [1.165, 1.54) is 6.33 Å². The van der Waals surface area contributed by atoms with Crippen LogP contribution in [0.15, 0.2) is 48.9 Å². The predicted octanol–water partition coefficient (Wildman–Crippen LogP) is 2.66. The third-order valence-electron chi connectivity index (χ3n) is 4.58. The summed E-state index contributed by atoms with van der Waals surface area (Å²) in [6.07, 6.45) is 5.10. The second kappa shape index (κ2) is 6.01. The molecule has 8 nitrogen and oxygen atoms in total. The highest BCUT2D eigenvalue weighted by Crippen LogP contribution is 2.31. The number of hydrogen-bond acceptors (Lipinski definition) is 5. The SMILES string of the molecule is Cc1cc(NC(=O)C2CC2)n(-c2ncnc3c2cnn3-c2ccccc2)n1. The fraction of sp³-hybridized carbons (Fsp3) is 0.211. The average molecular weight is 359 g/mol. The van der Waals surface area contributed by atoms with Crippen molar-refractivity contribution in [2.45, 2.75) is 19.8 Å². The van der Waals surface area contributed by atoms with Crippen LogP contribution in [0.2, 0.25) is 0 Å². The summed E-state index contributed by atoms with van der Waals surface area (Å²) in [5.41, 5.74) is 2.39. The van der Waals surface area contributed by atoms with Gasteiger partial charge in [-0.25, -0.2) is 14.6 Å². The molecule has 3 aromatic heterocycles. The van der Waals surface area contributed by atoms with Gasteiger partial charge in [-0.05, 0) is 31.9 Å². The van der Waals surface area contributed by atoms with E-state index in [4.69, 9.17) is 0 Å². The zero-order valence-electron chi connectivity index (χ0n) is 14.7. The zero-order chi connectivity index (χ0) is 18.4. The number of amides is 1. The molecule has 1 aromatic carbocycles. The van der Waals surface area contributed by atoms with Gasteiger partial charge in [-0.3, -0.25) is 4.79 Å². The quantitative estimate of drug-likeness (QED) is 0.605. The normalized spacial score (nSPS) is 13.8. The van der Waals surface area contributed by atoms with Crippen molar-refractivity contribution in [3.63, 3.8) is 0 Å². The number of aromatic nitrogens is 6. The molecule has 0 bridgehead atoms. The highest BCUT2D eigenvalue weighted by molar-refractivity contribution is 5.94. The van der Waals surface area contributed by atoms with E-state index in [2.05, 4.69) is 25.5 Å². The van der Waals surface area contributed by atoms with Crippen LogP contribution in [0.25, 0.3) is 22.5 Å². The van der Waals surface area contributed by atoms with Crippen molar-refractivity contribution >= 4 is 22.8 Å². The van der Waals surface area contributed by atoms with Crippen molar-refractivity contribution in [2.75, 3.05) is 5.32 Å². The number of benzene rings is 1. The third-order valence-corrected chi connectivity index (χ3v) is 4.58. The number of rotatable bonds is 4. The van der Waals surface area contributed by atoms with Crippen molar-refractivity contribution < 1.29 is 4.79 Å². The molecule has 8 heteroatoms. The van der Waals surface area contributed by atoms with Crippen molar-refractivity contribution in [3.05, 3.63) is 54.6 Å². The smallest absolute Gasteiger partial charge is 0.228 e. The van der Waals surface area contributed by atoms with Gasteiger partial charge in [-0.15, -0.1) is 0 Å². The number of aryl methyl sites for hydroxylation is 1. The predicted molar refractivity (Wildman–Crippen MR) is 99.9 cm³/mol. The van der Waals surface area contributed by atoms with Crippen LogP contribution in [0.1, 0.15) is 18.5 Å². The van der Waals surface area contributed by atoms with E-state index in [1.54, 1.807) is 15.6 Å². The third kappa shape index (κ3) is 2.75. The Labute approximate surface area is 154 Å². The molecule has 1 saturated carbocycles. The summed E-state index contributed by atoms with van der Waals surface area (Å²) in [6, 6.07) is 11.6. The van der Waals surface area contributed by atoms with Gasteiger partial charge in [0.05, 0.1) is 23.0 Å². The Morgan fingerprint density at radius 2 is 1.96 bits per heavy atom. The van der Waals surface area contributed by atoms with Crippen LogP contribution in [0.3, 0.4) is 0 Å². The Balaban J connectivity index is 1.62. The Hall–Kier alpha value is -3.55. The molecule has 1 amide bonds. The zero-order valence-corrected chi connectivity index (χ0v) is 14.7. The minimum absolute atomic E-state index is 0.0291. The first-order valence-electron chi connectivity index (χ1n) is 8.83. The van der Waals surface area contributed by atoms with Crippen LogP contribution in [0.5, 0.6) is 0 Å². The number of carbonyl (C=O) groups is 1. The molecule has 1 aliphatic carbocycles. The van der Waals surface area contributed by atoms with Crippen molar-refractivity contribution in [2.24, 2.45) is 5.92 Å². The topological polar surface area (TPSA) is 90.5 Å². The first-order chi connectivity index (χ1) is 13.2. The van der Waals surface area contributed by atoms with E-state index in [0.29, 0.717) is 17.3 Å². The molecule has 1 fully saturated rings. The standard InChI is InChI=1S/C19H17N7O/c1-12-9-16(23-19(27)13-7-8-13)26(24-12)18-15-10-22-25(17(15)20-11-21-18)14-5-3-2-4-6-14/h2-6,9-11,13H,7-8H2,1H3,(H,23,27). The highest BCUT2D eigenvalue weighted by atomic mass is 16.2. The lowest BCUT2D eigenvalue weighted by atomic mass is 10.3. The fourth-order valence-electron chi connectivity index (χ4n) is 3.08. The van der Waals surface area contributed by atoms with Crippen LogP contribution >= 0.6 is 0 Å². The molecule has 1 N–H and O–H groups in total.